The molecule has 1 aliphatic carbocycles. The Hall–Kier alpha value is -1.01. The Balaban J connectivity index is 1.93. The number of allylic oxidation sites excluding steroid dienone is 1. The molecule has 2 nitrogen and oxygen atoms in total. The van der Waals surface area contributed by atoms with Crippen LogP contribution in [0.1, 0.15) is 24.8 Å². The molecule has 0 aromatic heterocycles. The van der Waals surface area contributed by atoms with Gasteiger partial charge in [0.2, 0.25) is 0 Å². The van der Waals surface area contributed by atoms with Crippen LogP contribution >= 0.6 is 15.9 Å². The molecule has 0 aliphatic heterocycles. The molecule has 1 unspecified atom stereocenters. The third-order valence-electron chi connectivity index (χ3n) is 3.09. The largest absolute Gasteiger partial charge is 0.573 e. The fourth-order valence-electron chi connectivity index (χ4n) is 2.10. The minimum absolute atomic E-state index is 0.221. The van der Waals surface area contributed by atoms with Crippen LogP contribution in [0.25, 0.3) is 0 Å². The quantitative estimate of drug-likeness (QED) is 0.805. The van der Waals surface area contributed by atoms with Crippen LogP contribution in [-0.4, -0.2) is 12.4 Å². The van der Waals surface area contributed by atoms with E-state index >= 15 is 0 Å². The van der Waals surface area contributed by atoms with Crippen molar-refractivity contribution in [3.05, 3.63) is 40.4 Å². The standard InChI is InChI=1S/C14H15BrF3NO/c15-12-8-10(6-7-13(12)20-14(16,17)18)9-19-11-4-2-1-3-5-11/h1-2,6-8,11,19H,3-5,9H2. The summed E-state index contributed by atoms with van der Waals surface area (Å²) in [5.41, 5.74) is 0.918. The number of hydrogen-bond donors (Lipinski definition) is 1. The molecule has 0 heterocycles. The van der Waals surface area contributed by atoms with Crippen molar-refractivity contribution in [2.24, 2.45) is 0 Å². The van der Waals surface area contributed by atoms with E-state index in [1.54, 1.807) is 12.1 Å². The number of benzene rings is 1. The van der Waals surface area contributed by atoms with Gasteiger partial charge in [0, 0.05) is 12.6 Å². The maximum Gasteiger partial charge on any atom is 0.573 e. The van der Waals surface area contributed by atoms with Crippen molar-refractivity contribution in [1.29, 1.82) is 0 Å². The SMILES string of the molecule is FC(F)(F)Oc1ccc(CNC2CC=CCC2)cc1Br. The predicted molar refractivity (Wildman–Crippen MR) is 74.4 cm³/mol. The van der Waals surface area contributed by atoms with Crippen LogP contribution in [0.3, 0.4) is 0 Å². The minimum Gasteiger partial charge on any atom is -0.405 e. The van der Waals surface area contributed by atoms with Gasteiger partial charge in [-0.15, -0.1) is 13.2 Å². The van der Waals surface area contributed by atoms with E-state index in [0.717, 1.165) is 24.8 Å². The molecule has 1 aromatic rings. The Morgan fingerprint density at radius 2 is 2.10 bits per heavy atom. The maximum atomic E-state index is 12.2. The molecule has 1 aromatic carbocycles. The molecule has 0 radical (unpaired) electrons. The maximum absolute atomic E-state index is 12.2. The van der Waals surface area contributed by atoms with E-state index < -0.39 is 6.36 Å². The molecule has 20 heavy (non-hydrogen) atoms. The molecule has 1 aliphatic rings. The second-order valence-corrected chi connectivity index (χ2v) is 5.53. The monoisotopic (exact) mass is 349 g/mol. The van der Waals surface area contributed by atoms with E-state index in [2.05, 4.69) is 38.1 Å². The zero-order valence-corrected chi connectivity index (χ0v) is 12.3. The van der Waals surface area contributed by atoms with Crippen LogP contribution < -0.4 is 10.1 Å². The Morgan fingerprint density at radius 1 is 1.30 bits per heavy atom. The second kappa shape index (κ2) is 6.63. The fraction of sp³-hybridized carbons (Fsp3) is 0.429. The molecule has 110 valence electrons. The van der Waals surface area contributed by atoms with Gasteiger partial charge in [0.15, 0.2) is 0 Å². The van der Waals surface area contributed by atoms with E-state index in [-0.39, 0.29) is 5.75 Å². The molecule has 2 rings (SSSR count). The first kappa shape index (κ1) is 15.4. The molecular formula is C14H15BrF3NO. The van der Waals surface area contributed by atoms with E-state index in [1.807, 2.05) is 0 Å². The van der Waals surface area contributed by atoms with Gasteiger partial charge in [-0.05, 0) is 52.9 Å². The van der Waals surface area contributed by atoms with E-state index in [1.165, 1.54) is 6.07 Å². The average Bonchev–Trinajstić information content (AvgIpc) is 2.39. The van der Waals surface area contributed by atoms with Crippen LogP contribution in [0.4, 0.5) is 13.2 Å². The topological polar surface area (TPSA) is 21.3 Å². The van der Waals surface area contributed by atoms with Crippen molar-refractivity contribution in [2.75, 3.05) is 0 Å². The van der Waals surface area contributed by atoms with E-state index in [9.17, 15) is 13.2 Å². The number of nitrogens with one attached hydrogen (secondary N) is 1. The fourth-order valence-corrected chi connectivity index (χ4v) is 2.61. The van der Waals surface area contributed by atoms with Gasteiger partial charge in [0.1, 0.15) is 5.75 Å². The lowest BCUT2D eigenvalue weighted by Gasteiger charge is -2.19. The van der Waals surface area contributed by atoms with Crippen LogP contribution in [-0.2, 0) is 6.54 Å². The summed E-state index contributed by atoms with van der Waals surface area (Å²) in [6.45, 7) is 0.628. The molecule has 0 spiro atoms. The molecule has 1 atom stereocenters. The highest BCUT2D eigenvalue weighted by Gasteiger charge is 2.31. The summed E-state index contributed by atoms with van der Waals surface area (Å²) in [6.07, 6.45) is 2.80. The molecule has 6 heteroatoms. The van der Waals surface area contributed by atoms with E-state index in [4.69, 9.17) is 0 Å². The first-order valence-electron chi connectivity index (χ1n) is 6.36. The van der Waals surface area contributed by atoms with Crippen LogP contribution in [0.15, 0.2) is 34.8 Å². The Labute approximate surface area is 124 Å². The van der Waals surface area contributed by atoms with Gasteiger partial charge < -0.3 is 10.1 Å². The second-order valence-electron chi connectivity index (χ2n) is 4.67. The molecule has 0 amide bonds. The van der Waals surface area contributed by atoms with Crippen molar-refractivity contribution in [3.8, 4) is 5.75 Å². The number of halogens is 4. The molecule has 0 fully saturated rings. The lowest BCUT2D eigenvalue weighted by Crippen LogP contribution is -2.29. The van der Waals surface area contributed by atoms with Crippen LogP contribution in [0.2, 0.25) is 0 Å². The molecule has 1 N–H and O–H groups in total. The van der Waals surface area contributed by atoms with Gasteiger partial charge in [-0.1, -0.05) is 18.2 Å². The minimum atomic E-state index is -4.67. The highest BCUT2D eigenvalue weighted by Crippen LogP contribution is 2.31. The number of hydrogen-bond acceptors (Lipinski definition) is 2. The van der Waals surface area contributed by atoms with Crippen molar-refractivity contribution >= 4 is 15.9 Å². The average molecular weight is 350 g/mol. The summed E-state index contributed by atoms with van der Waals surface area (Å²) >= 11 is 3.10. The van der Waals surface area contributed by atoms with Gasteiger partial charge in [-0.3, -0.25) is 0 Å². The lowest BCUT2D eigenvalue weighted by atomic mass is 10.0. The zero-order valence-electron chi connectivity index (χ0n) is 10.7. The highest BCUT2D eigenvalue weighted by atomic mass is 79.9. The summed E-state index contributed by atoms with van der Waals surface area (Å²) in [6, 6.07) is 5.05. The van der Waals surface area contributed by atoms with Crippen molar-refractivity contribution in [3.63, 3.8) is 0 Å². The Morgan fingerprint density at radius 3 is 2.70 bits per heavy atom. The van der Waals surface area contributed by atoms with Gasteiger partial charge in [-0.25, -0.2) is 0 Å². The Bertz CT molecular complexity index is 488. The summed E-state index contributed by atoms with van der Waals surface area (Å²) in [4.78, 5) is 0. The van der Waals surface area contributed by atoms with Gasteiger partial charge in [0.05, 0.1) is 4.47 Å². The van der Waals surface area contributed by atoms with Gasteiger partial charge in [0.25, 0.3) is 0 Å². The van der Waals surface area contributed by atoms with Gasteiger partial charge in [-0.2, -0.15) is 0 Å². The number of ether oxygens (including phenoxy) is 1. The number of rotatable bonds is 4. The molecular weight excluding hydrogens is 335 g/mol. The molecule has 0 bridgehead atoms. The number of alkyl halides is 3. The third kappa shape index (κ3) is 4.83. The lowest BCUT2D eigenvalue weighted by molar-refractivity contribution is -0.274. The van der Waals surface area contributed by atoms with Crippen LogP contribution in [0, 0.1) is 0 Å². The summed E-state index contributed by atoms with van der Waals surface area (Å²) < 4.78 is 40.7. The first-order valence-corrected chi connectivity index (χ1v) is 7.16. The first-order chi connectivity index (χ1) is 9.44. The zero-order chi connectivity index (χ0) is 14.6. The molecule has 0 saturated heterocycles. The van der Waals surface area contributed by atoms with Gasteiger partial charge >= 0.3 is 6.36 Å². The highest BCUT2D eigenvalue weighted by molar-refractivity contribution is 9.10. The van der Waals surface area contributed by atoms with E-state index in [0.29, 0.717) is 17.1 Å². The predicted octanol–water partition coefficient (Wildman–Crippen LogP) is 4.55. The molecule has 0 saturated carbocycles. The van der Waals surface area contributed by atoms with Crippen molar-refractivity contribution in [2.45, 2.75) is 38.2 Å². The summed E-state index contributed by atoms with van der Waals surface area (Å²) in [7, 11) is 0. The smallest absolute Gasteiger partial charge is 0.405 e. The van der Waals surface area contributed by atoms with Crippen molar-refractivity contribution < 1.29 is 17.9 Å². The normalized spacial score (nSPS) is 19.1. The summed E-state index contributed by atoms with van der Waals surface area (Å²) in [5, 5.41) is 3.40. The van der Waals surface area contributed by atoms with Crippen molar-refractivity contribution in [1.82, 2.24) is 5.32 Å². The summed E-state index contributed by atoms with van der Waals surface area (Å²) in [5.74, 6) is -0.221. The Kier molecular flexibility index (Phi) is 5.10. The third-order valence-corrected chi connectivity index (χ3v) is 3.71. The van der Waals surface area contributed by atoms with Crippen LogP contribution in [0.5, 0.6) is 5.75 Å².